The third-order valence-corrected chi connectivity index (χ3v) is 6.84. The molecule has 5 nitrogen and oxygen atoms in total. The van der Waals surface area contributed by atoms with Crippen molar-refractivity contribution >= 4 is 5.97 Å². The molecule has 2 heterocycles. The van der Waals surface area contributed by atoms with E-state index in [0.29, 0.717) is 11.1 Å². The van der Waals surface area contributed by atoms with Crippen LogP contribution >= 0.6 is 0 Å². The second-order valence-electron chi connectivity index (χ2n) is 8.48. The van der Waals surface area contributed by atoms with Crippen molar-refractivity contribution in [3.8, 4) is 12.1 Å². The van der Waals surface area contributed by atoms with Crippen LogP contribution in [0.25, 0.3) is 0 Å². The van der Waals surface area contributed by atoms with Crippen molar-refractivity contribution in [1.29, 1.82) is 10.5 Å². The van der Waals surface area contributed by atoms with Crippen molar-refractivity contribution in [2.45, 2.75) is 31.8 Å². The van der Waals surface area contributed by atoms with E-state index in [9.17, 15) is 15.3 Å². The first-order valence-electron chi connectivity index (χ1n) is 10.6. The average Bonchev–Trinajstić information content (AvgIpc) is 3.33. The Bertz CT molecular complexity index is 1360. The normalized spacial score (nSPS) is 22.5. The molecule has 0 saturated heterocycles. The van der Waals surface area contributed by atoms with Crippen molar-refractivity contribution < 1.29 is 14.3 Å². The monoisotopic (exact) mass is 432 g/mol. The van der Waals surface area contributed by atoms with E-state index < -0.39 is 17.0 Å². The Morgan fingerprint density at radius 1 is 0.909 bits per heavy atom. The molecule has 1 aliphatic carbocycles. The summed E-state index contributed by atoms with van der Waals surface area (Å²) in [4.78, 5) is 13.3. The van der Waals surface area contributed by atoms with E-state index in [-0.39, 0.29) is 11.3 Å². The number of carbonyl (C=O) groups is 1. The molecule has 0 spiro atoms. The summed E-state index contributed by atoms with van der Waals surface area (Å²) in [6.45, 7) is 5.76. The molecule has 0 N–H and O–H groups in total. The molecule has 0 saturated carbocycles. The first kappa shape index (κ1) is 20.5. The maximum Gasteiger partial charge on any atom is 0.344 e. The number of fused-ring (bicyclic) bond motifs is 1. The molecule has 5 heteroatoms. The maximum absolute atomic E-state index is 13.3. The van der Waals surface area contributed by atoms with Crippen LogP contribution in [0.3, 0.4) is 0 Å². The van der Waals surface area contributed by atoms with Crippen molar-refractivity contribution in [1.82, 2.24) is 0 Å². The van der Waals surface area contributed by atoms with Crippen LogP contribution in [0.1, 0.15) is 31.9 Å². The number of ether oxygens (including phenoxy) is 2. The molecule has 160 valence electrons. The van der Waals surface area contributed by atoms with Crippen molar-refractivity contribution in [2.75, 3.05) is 0 Å². The van der Waals surface area contributed by atoms with Gasteiger partial charge in [-0.2, -0.15) is 10.5 Å². The molecule has 33 heavy (non-hydrogen) atoms. The number of nitriles is 2. The van der Waals surface area contributed by atoms with Gasteiger partial charge in [0.1, 0.15) is 17.7 Å². The fourth-order valence-electron chi connectivity index (χ4n) is 5.66. The lowest BCUT2D eigenvalue weighted by Crippen LogP contribution is -2.55. The number of cyclic esters (lactones) is 1. The summed E-state index contributed by atoms with van der Waals surface area (Å²) in [6, 6.07) is 23.3. The number of hydrogen-bond acceptors (Lipinski definition) is 5. The van der Waals surface area contributed by atoms with E-state index >= 15 is 0 Å². The highest BCUT2D eigenvalue weighted by atomic mass is 16.5. The van der Waals surface area contributed by atoms with Crippen molar-refractivity contribution in [2.24, 2.45) is 0 Å². The Labute approximate surface area is 192 Å². The molecule has 0 bridgehead atoms. The number of allylic oxidation sites excluding steroid dienone is 3. The van der Waals surface area contributed by atoms with Crippen molar-refractivity contribution in [3.05, 3.63) is 117 Å². The van der Waals surface area contributed by atoms with Gasteiger partial charge in [0.2, 0.25) is 0 Å². The molecular formula is C28H20N2O3. The van der Waals surface area contributed by atoms with Gasteiger partial charge in [0, 0.05) is 11.1 Å². The Kier molecular flexibility index (Phi) is 4.41. The standard InChI is InChI=1S/C28H20N2O3/c1-17-14-22-18(2)23-24(25(32-26(23)31)19(15-29)16-30)28(27(22,3)33-17,20-10-6-4-7-11-20)21-12-8-5-9-13-21/h4-14H,1-3H3. The molecule has 0 fully saturated rings. The van der Waals surface area contributed by atoms with Gasteiger partial charge in [-0.05, 0) is 43.5 Å². The molecular weight excluding hydrogens is 412 g/mol. The molecule has 3 aliphatic rings. The third-order valence-electron chi connectivity index (χ3n) is 6.84. The topological polar surface area (TPSA) is 83.1 Å². The highest BCUT2D eigenvalue weighted by Gasteiger charge is 2.65. The van der Waals surface area contributed by atoms with E-state index in [1.807, 2.05) is 99.6 Å². The lowest BCUT2D eigenvalue weighted by atomic mass is 9.53. The van der Waals surface area contributed by atoms with Crippen LogP contribution in [0.2, 0.25) is 0 Å². The zero-order chi connectivity index (χ0) is 23.4. The lowest BCUT2D eigenvalue weighted by Gasteiger charge is -2.51. The SMILES string of the molecule is CC1=CC2=C(C)C3=C(C(=C(C#N)C#N)OC3=O)C(c3ccccc3)(c3ccccc3)C2(C)O1. The minimum atomic E-state index is -1.06. The van der Waals surface area contributed by atoms with Gasteiger partial charge in [-0.15, -0.1) is 0 Å². The van der Waals surface area contributed by atoms with Crippen LogP contribution in [-0.2, 0) is 19.7 Å². The van der Waals surface area contributed by atoms with E-state index in [2.05, 4.69) is 0 Å². The van der Waals surface area contributed by atoms with Crippen LogP contribution in [0.15, 0.2) is 106 Å². The van der Waals surface area contributed by atoms with Gasteiger partial charge < -0.3 is 9.47 Å². The van der Waals surface area contributed by atoms with E-state index in [0.717, 1.165) is 28.0 Å². The smallest absolute Gasteiger partial charge is 0.344 e. The first-order chi connectivity index (χ1) is 15.9. The number of benzene rings is 2. The van der Waals surface area contributed by atoms with Gasteiger partial charge in [0.05, 0.1) is 16.7 Å². The lowest BCUT2D eigenvalue weighted by molar-refractivity contribution is -0.133. The summed E-state index contributed by atoms with van der Waals surface area (Å²) < 4.78 is 12.3. The molecule has 1 atom stereocenters. The minimum absolute atomic E-state index is 0.000448. The second-order valence-corrected chi connectivity index (χ2v) is 8.48. The van der Waals surface area contributed by atoms with Crippen molar-refractivity contribution in [3.63, 3.8) is 0 Å². The largest absolute Gasteiger partial charge is 0.486 e. The Hall–Kier alpha value is -4.35. The summed E-state index contributed by atoms with van der Waals surface area (Å²) in [5.41, 5.74) is 1.94. The number of rotatable bonds is 2. The number of carbonyl (C=O) groups excluding carboxylic acids is 1. The van der Waals surface area contributed by atoms with Gasteiger partial charge in [-0.1, -0.05) is 60.7 Å². The van der Waals surface area contributed by atoms with Crippen LogP contribution in [0.4, 0.5) is 0 Å². The number of esters is 1. The Morgan fingerprint density at radius 3 is 1.97 bits per heavy atom. The van der Waals surface area contributed by atoms with Gasteiger partial charge >= 0.3 is 5.97 Å². The Morgan fingerprint density at radius 2 is 1.45 bits per heavy atom. The molecule has 1 unspecified atom stereocenters. The van der Waals surface area contributed by atoms with Crippen LogP contribution in [-0.4, -0.2) is 11.6 Å². The zero-order valence-electron chi connectivity index (χ0n) is 18.5. The highest BCUT2D eigenvalue weighted by Crippen LogP contribution is 2.63. The molecule has 0 amide bonds. The van der Waals surface area contributed by atoms with Gasteiger partial charge in [0.15, 0.2) is 11.3 Å². The fraction of sp³-hybridized carbons (Fsp3) is 0.179. The maximum atomic E-state index is 13.3. The van der Waals surface area contributed by atoms with E-state index in [4.69, 9.17) is 9.47 Å². The highest BCUT2D eigenvalue weighted by molar-refractivity contribution is 6.02. The summed E-state index contributed by atoms with van der Waals surface area (Å²) in [5.74, 6) is 0.161. The molecule has 2 aromatic rings. The fourth-order valence-corrected chi connectivity index (χ4v) is 5.66. The summed E-state index contributed by atoms with van der Waals surface area (Å²) in [7, 11) is 0. The Balaban J connectivity index is 2.06. The molecule has 2 aromatic carbocycles. The van der Waals surface area contributed by atoms with E-state index in [1.165, 1.54) is 0 Å². The predicted octanol–water partition coefficient (Wildman–Crippen LogP) is 5.15. The molecule has 0 aromatic heterocycles. The van der Waals surface area contributed by atoms with Gasteiger partial charge in [-0.3, -0.25) is 0 Å². The van der Waals surface area contributed by atoms with Gasteiger partial charge in [0.25, 0.3) is 0 Å². The van der Waals surface area contributed by atoms with Crippen LogP contribution < -0.4 is 0 Å². The average molecular weight is 432 g/mol. The first-order valence-corrected chi connectivity index (χ1v) is 10.6. The van der Waals surface area contributed by atoms with Crippen LogP contribution in [0, 0.1) is 22.7 Å². The van der Waals surface area contributed by atoms with Crippen LogP contribution in [0.5, 0.6) is 0 Å². The summed E-state index contributed by atoms with van der Waals surface area (Å²) >= 11 is 0. The zero-order valence-corrected chi connectivity index (χ0v) is 18.5. The quantitative estimate of drug-likeness (QED) is 0.484. The summed E-state index contributed by atoms with van der Waals surface area (Å²) in [5, 5.41) is 19.5. The minimum Gasteiger partial charge on any atom is -0.486 e. The molecule has 2 aliphatic heterocycles. The third kappa shape index (κ3) is 2.48. The predicted molar refractivity (Wildman–Crippen MR) is 121 cm³/mol. The number of hydrogen-bond donors (Lipinski definition) is 0. The summed E-state index contributed by atoms with van der Waals surface area (Å²) in [6.07, 6.45) is 1.96. The number of nitrogens with zero attached hydrogens (tertiary/aromatic N) is 2. The molecule has 5 rings (SSSR count). The second kappa shape index (κ2) is 7.08. The van der Waals surface area contributed by atoms with E-state index in [1.54, 1.807) is 0 Å². The van der Waals surface area contributed by atoms with Gasteiger partial charge in [-0.25, -0.2) is 4.79 Å². The molecule has 0 radical (unpaired) electrons.